The monoisotopic (exact) mass is 151 g/mol. The van der Waals surface area contributed by atoms with Crippen molar-refractivity contribution < 1.29 is 5.21 Å². The van der Waals surface area contributed by atoms with Crippen molar-refractivity contribution in [3.8, 4) is 0 Å². The van der Waals surface area contributed by atoms with E-state index in [4.69, 9.17) is 5.21 Å². The lowest BCUT2D eigenvalue weighted by atomic mass is 10.2. The first-order valence-corrected chi connectivity index (χ1v) is 3.35. The summed E-state index contributed by atoms with van der Waals surface area (Å²) in [4.78, 5) is 8.02. The topological polar surface area (TPSA) is 58.4 Å². The van der Waals surface area contributed by atoms with Crippen LogP contribution in [-0.2, 0) is 6.42 Å². The van der Waals surface area contributed by atoms with Crippen molar-refractivity contribution in [1.29, 1.82) is 0 Å². The number of hydrogen-bond acceptors (Lipinski definition) is 4. The number of oxime groups is 1. The van der Waals surface area contributed by atoms with E-state index in [2.05, 4.69) is 15.1 Å². The van der Waals surface area contributed by atoms with Crippen LogP contribution in [-0.4, -0.2) is 21.4 Å². The van der Waals surface area contributed by atoms with Gasteiger partial charge in [-0.05, 0) is 6.42 Å². The highest BCUT2D eigenvalue weighted by Crippen LogP contribution is 1.98. The molecule has 0 saturated carbocycles. The lowest BCUT2D eigenvalue weighted by Gasteiger charge is -1.96. The minimum atomic E-state index is 0.623. The second kappa shape index (κ2) is 3.65. The summed E-state index contributed by atoms with van der Waals surface area (Å²) < 4.78 is 0. The lowest BCUT2D eigenvalue weighted by Crippen LogP contribution is -1.97. The highest BCUT2D eigenvalue weighted by Gasteiger charge is 1.97. The van der Waals surface area contributed by atoms with E-state index in [1.807, 2.05) is 6.92 Å². The van der Waals surface area contributed by atoms with E-state index in [0.29, 0.717) is 5.69 Å². The summed E-state index contributed by atoms with van der Waals surface area (Å²) in [6.07, 6.45) is 5.25. The van der Waals surface area contributed by atoms with Crippen LogP contribution in [0.1, 0.15) is 18.3 Å². The number of aromatic nitrogens is 2. The molecule has 0 unspecified atom stereocenters. The van der Waals surface area contributed by atoms with Gasteiger partial charge in [0.2, 0.25) is 0 Å². The van der Waals surface area contributed by atoms with Gasteiger partial charge in [-0.15, -0.1) is 0 Å². The first-order chi connectivity index (χ1) is 5.38. The molecule has 0 spiro atoms. The average molecular weight is 151 g/mol. The largest absolute Gasteiger partial charge is 0.411 e. The van der Waals surface area contributed by atoms with Crippen LogP contribution in [0.4, 0.5) is 0 Å². The van der Waals surface area contributed by atoms with E-state index in [-0.39, 0.29) is 0 Å². The molecule has 1 aromatic rings. The van der Waals surface area contributed by atoms with Crippen LogP contribution < -0.4 is 0 Å². The molecule has 0 aliphatic carbocycles. The second-order valence-corrected chi connectivity index (χ2v) is 1.99. The van der Waals surface area contributed by atoms with Gasteiger partial charge in [0, 0.05) is 12.4 Å². The highest BCUT2D eigenvalue weighted by atomic mass is 16.4. The van der Waals surface area contributed by atoms with E-state index < -0.39 is 0 Å². The fourth-order valence-electron chi connectivity index (χ4n) is 0.813. The summed E-state index contributed by atoms with van der Waals surface area (Å²) in [5, 5.41) is 11.1. The van der Waals surface area contributed by atoms with Crippen LogP contribution >= 0.6 is 0 Å². The quantitative estimate of drug-likeness (QED) is 0.387. The maximum Gasteiger partial charge on any atom is 0.106 e. The molecule has 1 aromatic heterocycles. The molecule has 0 atom stereocenters. The van der Waals surface area contributed by atoms with Gasteiger partial charge in [-0.25, -0.2) is 0 Å². The first kappa shape index (κ1) is 7.65. The molecule has 0 radical (unpaired) electrons. The van der Waals surface area contributed by atoms with E-state index >= 15 is 0 Å². The third-order valence-electron chi connectivity index (χ3n) is 1.32. The zero-order valence-electron chi connectivity index (χ0n) is 6.23. The lowest BCUT2D eigenvalue weighted by molar-refractivity contribution is 0.321. The summed E-state index contributed by atoms with van der Waals surface area (Å²) >= 11 is 0. The molecule has 1 heterocycles. The van der Waals surface area contributed by atoms with Crippen molar-refractivity contribution in [2.45, 2.75) is 13.3 Å². The molecular formula is C7H9N3O. The van der Waals surface area contributed by atoms with E-state index in [1.165, 1.54) is 6.21 Å². The molecule has 11 heavy (non-hydrogen) atoms. The van der Waals surface area contributed by atoms with E-state index in [1.54, 1.807) is 12.4 Å². The van der Waals surface area contributed by atoms with Crippen molar-refractivity contribution in [3.63, 3.8) is 0 Å². The molecule has 0 aliphatic heterocycles. The molecular weight excluding hydrogens is 142 g/mol. The number of nitrogens with zero attached hydrogens (tertiary/aromatic N) is 3. The zero-order valence-corrected chi connectivity index (χ0v) is 6.23. The van der Waals surface area contributed by atoms with Gasteiger partial charge in [0.25, 0.3) is 0 Å². The predicted octanol–water partition coefficient (Wildman–Crippen LogP) is 0.847. The Hall–Kier alpha value is -1.45. The molecule has 0 fully saturated rings. The Morgan fingerprint density at radius 1 is 1.55 bits per heavy atom. The van der Waals surface area contributed by atoms with Gasteiger partial charge in [0.05, 0.1) is 11.9 Å². The van der Waals surface area contributed by atoms with Crippen molar-refractivity contribution in [2.24, 2.45) is 5.16 Å². The first-order valence-electron chi connectivity index (χ1n) is 3.35. The smallest absolute Gasteiger partial charge is 0.106 e. The normalized spacial score (nSPS) is 10.6. The Morgan fingerprint density at radius 2 is 2.27 bits per heavy atom. The standard InChI is InChI=1S/C7H9N3O/c1-2-6-7(5-10-11)9-4-3-8-6/h3-5,11H,2H2,1H3/b10-5+. The van der Waals surface area contributed by atoms with Crippen LogP contribution in [0.25, 0.3) is 0 Å². The Morgan fingerprint density at radius 3 is 2.91 bits per heavy atom. The Kier molecular flexibility index (Phi) is 2.54. The fraction of sp³-hybridized carbons (Fsp3) is 0.286. The summed E-state index contributed by atoms with van der Waals surface area (Å²) in [5.74, 6) is 0. The number of hydrogen-bond donors (Lipinski definition) is 1. The van der Waals surface area contributed by atoms with Gasteiger partial charge in [-0.2, -0.15) is 0 Å². The van der Waals surface area contributed by atoms with Crippen LogP contribution in [0.5, 0.6) is 0 Å². The third-order valence-corrected chi connectivity index (χ3v) is 1.32. The average Bonchev–Trinajstić information content (AvgIpc) is 2.06. The van der Waals surface area contributed by atoms with E-state index in [9.17, 15) is 0 Å². The van der Waals surface area contributed by atoms with Crippen LogP contribution in [0.2, 0.25) is 0 Å². The maximum atomic E-state index is 8.24. The SMILES string of the molecule is CCc1nccnc1/C=N/O. The summed E-state index contributed by atoms with van der Waals surface area (Å²) in [6, 6.07) is 0. The molecule has 1 N–H and O–H groups in total. The zero-order chi connectivity index (χ0) is 8.10. The summed E-state index contributed by atoms with van der Waals surface area (Å²) in [5.41, 5.74) is 1.46. The summed E-state index contributed by atoms with van der Waals surface area (Å²) in [7, 11) is 0. The summed E-state index contributed by atoms with van der Waals surface area (Å²) in [6.45, 7) is 1.97. The minimum Gasteiger partial charge on any atom is -0.411 e. The highest BCUT2D eigenvalue weighted by molar-refractivity contribution is 5.77. The Balaban J connectivity index is 3.02. The number of rotatable bonds is 2. The van der Waals surface area contributed by atoms with Gasteiger partial charge >= 0.3 is 0 Å². The third kappa shape index (κ3) is 1.73. The maximum absolute atomic E-state index is 8.24. The molecule has 0 aromatic carbocycles. The molecule has 4 nitrogen and oxygen atoms in total. The van der Waals surface area contributed by atoms with Gasteiger partial charge < -0.3 is 5.21 Å². The predicted molar refractivity (Wildman–Crippen MR) is 40.8 cm³/mol. The van der Waals surface area contributed by atoms with Gasteiger partial charge in [-0.1, -0.05) is 12.1 Å². The number of aryl methyl sites for hydroxylation is 1. The molecule has 4 heteroatoms. The molecule has 0 amide bonds. The molecule has 0 aliphatic rings. The van der Waals surface area contributed by atoms with Crippen molar-refractivity contribution >= 4 is 6.21 Å². The molecule has 0 saturated heterocycles. The van der Waals surface area contributed by atoms with Crippen LogP contribution in [0.3, 0.4) is 0 Å². The van der Waals surface area contributed by atoms with Gasteiger partial charge in [0.1, 0.15) is 5.69 Å². The van der Waals surface area contributed by atoms with Crippen molar-refractivity contribution in [1.82, 2.24) is 9.97 Å². The second-order valence-electron chi connectivity index (χ2n) is 1.99. The Labute approximate surface area is 64.6 Å². The van der Waals surface area contributed by atoms with Crippen LogP contribution in [0, 0.1) is 0 Å². The van der Waals surface area contributed by atoms with Gasteiger partial charge in [0.15, 0.2) is 0 Å². The minimum absolute atomic E-state index is 0.623. The molecule has 0 bridgehead atoms. The van der Waals surface area contributed by atoms with Crippen molar-refractivity contribution in [3.05, 3.63) is 23.8 Å². The fourth-order valence-corrected chi connectivity index (χ4v) is 0.813. The van der Waals surface area contributed by atoms with E-state index in [0.717, 1.165) is 12.1 Å². The van der Waals surface area contributed by atoms with Crippen LogP contribution in [0.15, 0.2) is 17.5 Å². The van der Waals surface area contributed by atoms with Gasteiger partial charge in [-0.3, -0.25) is 9.97 Å². The van der Waals surface area contributed by atoms with Crippen molar-refractivity contribution in [2.75, 3.05) is 0 Å². The molecule has 1 rings (SSSR count). The molecule has 58 valence electrons. The Bertz CT molecular complexity index is 260.